The number of anilines is 2. The molecule has 1 heterocycles. The molecule has 7 heteroatoms. The number of carbonyl (C=O) groups excluding carboxylic acids is 1. The number of ether oxygens (including phenoxy) is 1. The highest BCUT2D eigenvalue weighted by Crippen LogP contribution is 2.35. The zero-order valence-corrected chi connectivity index (χ0v) is 16.8. The van der Waals surface area contributed by atoms with Crippen LogP contribution in [0.25, 0.3) is 0 Å². The summed E-state index contributed by atoms with van der Waals surface area (Å²) in [5.41, 5.74) is 2.35. The molecule has 0 saturated heterocycles. The van der Waals surface area contributed by atoms with Gasteiger partial charge in [-0.15, -0.1) is 0 Å². The quantitative estimate of drug-likeness (QED) is 0.859. The molecule has 0 aliphatic carbocycles. The van der Waals surface area contributed by atoms with E-state index in [1.54, 1.807) is 47.4 Å². The van der Waals surface area contributed by atoms with E-state index in [4.69, 9.17) is 4.74 Å². The molecule has 0 spiro atoms. The van der Waals surface area contributed by atoms with Gasteiger partial charge in [0.1, 0.15) is 5.60 Å². The summed E-state index contributed by atoms with van der Waals surface area (Å²) >= 11 is 0. The molecule has 0 unspecified atom stereocenters. The fourth-order valence-corrected chi connectivity index (χ4v) is 4.05. The number of amides is 1. The maximum atomic E-state index is 12.7. The summed E-state index contributed by atoms with van der Waals surface area (Å²) in [7, 11) is -3.70. The van der Waals surface area contributed by atoms with Crippen LogP contribution in [0.1, 0.15) is 31.9 Å². The average molecular weight is 388 g/mol. The van der Waals surface area contributed by atoms with Crippen LogP contribution in [0.4, 0.5) is 16.2 Å². The van der Waals surface area contributed by atoms with Gasteiger partial charge in [0.15, 0.2) is 0 Å². The van der Waals surface area contributed by atoms with Crippen LogP contribution in [0, 0.1) is 6.92 Å². The predicted octanol–water partition coefficient (Wildman–Crippen LogP) is 4.09. The number of nitrogens with zero attached hydrogens (tertiary/aromatic N) is 1. The number of nitrogens with one attached hydrogen (secondary N) is 1. The van der Waals surface area contributed by atoms with E-state index in [2.05, 4.69) is 4.72 Å². The van der Waals surface area contributed by atoms with Crippen LogP contribution in [-0.2, 0) is 21.2 Å². The molecule has 0 atom stereocenters. The minimum Gasteiger partial charge on any atom is -0.443 e. The van der Waals surface area contributed by atoms with E-state index in [1.807, 2.05) is 27.7 Å². The van der Waals surface area contributed by atoms with E-state index in [1.165, 1.54) is 0 Å². The third-order valence-corrected chi connectivity index (χ3v) is 5.60. The van der Waals surface area contributed by atoms with Gasteiger partial charge < -0.3 is 4.74 Å². The van der Waals surface area contributed by atoms with E-state index in [9.17, 15) is 13.2 Å². The summed E-state index contributed by atoms with van der Waals surface area (Å²) in [6, 6.07) is 11.9. The molecule has 6 nitrogen and oxygen atoms in total. The lowest BCUT2D eigenvalue weighted by molar-refractivity contribution is 0.0584. The number of sulfonamides is 1. The largest absolute Gasteiger partial charge is 0.443 e. The molecule has 2 aromatic carbocycles. The highest BCUT2D eigenvalue weighted by atomic mass is 32.2. The Balaban J connectivity index is 1.88. The van der Waals surface area contributed by atoms with Crippen molar-refractivity contribution in [3.8, 4) is 0 Å². The molecule has 2 aromatic rings. The molecule has 1 amide bonds. The first-order valence-electron chi connectivity index (χ1n) is 8.79. The van der Waals surface area contributed by atoms with Gasteiger partial charge in [-0.05, 0) is 58.4 Å². The molecule has 1 aliphatic heterocycles. The lowest BCUT2D eigenvalue weighted by Crippen LogP contribution is -2.35. The number of hydrogen-bond acceptors (Lipinski definition) is 4. The van der Waals surface area contributed by atoms with Gasteiger partial charge in [-0.3, -0.25) is 9.62 Å². The molecule has 3 rings (SSSR count). The van der Waals surface area contributed by atoms with Crippen molar-refractivity contribution in [2.45, 2.75) is 44.6 Å². The summed E-state index contributed by atoms with van der Waals surface area (Å²) in [4.78, 5) is 14.2. The maximum absolute atomic E-state index is 12.7. The molecular formula is C20H24N2O4S. The van der Waals surface area contributed by atoms with Crippen molar-refractivity contribution in [1.29, 1.82) is 0 Å². The first-order valence-corrected chi connectivity index (χ1v) is 10.3. The van der Waals surface area contributed by atoms with E-state index >= 15 is 0 Å². The summed E-state index contributed by atoms with van der Waals surface area (Å²) in [5, 5.41) is 0. The Morgan fingerprint density at radius 3 is 2.41 bits per heavy atom. The predicted molar refractivity (Wildman–Crippen MR) is 106 cm³/mol. The standard InChI is InChI=1S/C20H24N2O4S/c1-14-8-10-15(11-9-14)27(24,25)21-17-6-5-7-18-16(17)12-13-22(18)19(23)26-20(2,3)4/h5-11,21H,12-13H2,1-4H3. The van der Waals surface area contributed by atoms with Crippen molar-refractivity contribution in [3.05, 3.63) is 53.6 Å². The molecule has 0 radical (unpaired) electrons. The van der Waals surface area contributed by atoms with E-state index < -0.39 is 21.7 Å². The number of rotatable bonds is 3. The normalized spacial score (nSPS) is 14.0. The van der Waals surface area contributed by atoms with Gasteiger partial charge in [0.05, 0.1) is 16.3 Å². The molecule has 1 aliphatic rings. The number of aryl methyl sites for hydroxylation is 1. The second-order valence-corrected chi connectivity index (χ2v) is 9.29. The van der Waals surface area contributed by atoms with Crippen LogP contribution in [0.2, 0.25) is 0 Å². The minimum atomic E-state index is -3.70. The van der Waals surface area contributed by atoms with Crippen LogP contribution in [0.3, 0.4) is 0 Å². The Morgan fingerprint density at radius 1 is 1.11 bits per heavy atom. The second kappa shape index (κ2) is 6.88. The van der Waals surface area contributed by atoms with Crippen LogP contribution in [0.5, 0.6) is 0 Å². The molecule has 144 valence electrons. The Hall–Kier alpha value is -2.54. The molecular weight excluding hydrogens is 364 g/mol. The number of benzene rings is 2. The highest BCUT2D eigenvalue weighted by Gasteiger charge is 2.31. The first kappa shape index (κ1) is 19.2. The van der Waals surface area contributed by atoms with Gasteiger partial charge in [-0.2, -0.15) is 0 Å². The van der Waals surface area contributed by atoms with Crippen molar-refractivity contribution in [3.63, 3.8) is 0 Å². The van der Waals surface area contributed by atoms with Gasteiger partial charge in [0.25, 0.3) is 10.0 Å². The molecule has 1 N–H and O–H groups in total. The Labute approximate surface area is 160 Å². The maximum Gasteiger partial charge on any atom is 0.414 e. The van der Waals surface area contributed by atoms with E-state index in [0.29, 0.717) is 24.3 Å². The Bertz CT molecular complexity index is 960. The fourth-order valence-electron chi connectivity index (χ4n) is 2.96. The third kappa shape index (κ3) is 4.24. The van der Waals surface area contributed by atoms with Crippen molar-refractivity contribution in [2.75, 3.05) is 16.2 Å². The SMILES string of the molecule is Cc1ccc(S(=O)(=O)Nc2cccc3c2CCN3C(=O)OC(C)(C)C)cc1. The van der Waals surface area contributed by atoms with Gasteiger partial charge in [0.2, 0.25) is 0 Å². The molecule has 0 fully saturated rings. The van der Waals surface area contributed by atoms with Crippen molar-refractivity contribution >= 4 is 27.5 Å². The summed E-state index contributed by atoms with van der Waals surface area (Å²) in [5.74, 6) is 0. The van der Waals surface area contributed by atoms with Gasteiger partial charge in [-0.25, -0.2) is 13.2 Å². The molecule has 0 bridgehead atoms. The average Bonchev–Trinajstić information content (AvgIpc) is 2.98. The van der Waals surface area contributed by atoms with Crippen molar-refractivity contribution in [1.82, 2.24) is 0 Å². The zero-order valence-electron chi connectivity index (χ0n) is 15.9. The monoisotopic (exact) mass is 388 g/mol. The van der Waals surface area contributed by atoms with Crippen molar-refractivity contribution < 1.29 is 17.9 Å². The van der Waals surface area contributed by atoms with Crippen molar-refractivity contribution in [2.24, 2.45) is 0 Å². The fraction of sp³-hybridized carbons (Fsp3) is 0.350. The lowest BCUT2D eigenvalue weighted by Gasteiger charge is -2.25. The third-order valence-electron chi connectivity index (χ3n) is 4.22. The zero-order chi connectivity index (χ0) is 19.8. The number of hydrogen-bond donors (Lipinski definition) is 1. The Kier molecular flexibility index (Phi) is 4.90. The summed E-state index contributed by atoms with van der Waals surface area (Å²) in [6.07, 6.45) is 0.126. The molecule has 27 heavy (non-hydrogen) atoms. The minimum absolute atomic E-state index is 0.202. The van der Waals surface area contributed by atoms with Gasteiger partial charge in [-0.1, -0.05) is 23.8 Å². The highest BCUT2D eigenvalue weighted by molar-refractivity contribution is 7.92. The van der Waals surface area contributed by atoms with Crippen LogP contribution < -0.4 is 9.62 Å². The number of fused-ring (bicyclic) bond motifs is 1. The van der Waals surface area contributed by atoms with E-state index in [-0.39, 0.29) is 4.90 Å². The van der Waals surface area contributed by atoms with Gasteiger partial charge >= 0.3 is 6.09 Å². The lowest BCUT2D eigenvalue weighted by atomic mass is 10.1. The molecule has 0 aromatic heterocycles. The van der Waals surface area contributed by atoms with Crippen LogP contribution in [0.15, 0.2) is 47.4 Å². The van der Waals surface area contributed by atoms with Crippen LogP contribution in [-0.4, -0.2) is 26.7 Å². The summed E-state index contributed by atoms with van der Waals surface area (Å²) < 4.78 is 33.5. The molecule has 0 saturated carbocycles. The number of carbonyl (C=O) groups is 1. The summed E-state index contributed by atoms with van der Waals surface area (Å²) in [6.45, 7) is 7.79. The first-order chi connectivity index (χ1) is 12.6. The smallest absolute Gasteiger partial charge is 0.414 e. The van der Waals surface area contributed by atoms with E-state index in [0.717, 1.165) is 11.1 Å². The van der Waals surface area contributed by atoms with Gasteiger partial charge in [0, 0.05) is 12.1 Å². The second-order valence-electron chi connectivity index (χ2n) is 7.60. The topological polar surface area (TPSA) is 75.7 Å². The van der Waals surface area contributed by atoms with Crippen LogP contribution >= 0.6 is 0 Å². The Morgan fingerprint density at radius 2 is 1.78 bits per heavy atom.